The quantitative estimate of drug-likeness (QED) is 0.337. The number of aromatic nitrogens is 2. The zero-order valence-electron chi connectivity index (χ0n) is 18.7. The highest BCUT2D eigenvalue weighted by Gasteiger charge is 2.24. The van der Waals surface area contributed by atoms with Crippen LogP contribution in [0.5, 0.6) is 0 Å². The third-order valence-corrected chi connectivity index (χ3v) is 6.84. The van der Waals surface area contributed by atoms with Gasteiger partial charge in [-0.15, -0.1) is 10.2 Å². The molecule has 3 aromatic rings. The van der Waals surface area contributed by atoms with E-state index in [1.807, 2.05) is 45.0 Å². The lowest BCUT2D eigenvalue weighted by molar-refractivity contribution is -0.118. The summed E-state index contributed by atoms with van der Waals surface area (Å²) in [5.41, 5.74) is 3.09. The van der Waals surface area contributed by atoms with Crippen LogP contribution >= 0.6 is 23.1 Å². The second kappa shape index (κ2) is 11.6. The van der Waals surface area contributed by atoms with E-state index in [2.05, 4.69) is 26.9 Å². The van der Waals surface area contributed by atoms with Crippen LogP contribution in [0.2, 0.25) is 0 Å². The van der Waals surface area contributed by atoms with Crippen LogP contribution in [-0.4, -0.2) is 28.1 Å². The maximum absolute atomic E-state index is 12.9. The van der Waals surface area contributed by atoms with E-state index in [-0.39, 0.29) is 17.7 Å². The fourth-order valence-corrected chi connectivity index (χ4v) is 4.81. The van der Waals surface area contributed by atoms with Gasteiger partial charge >= 0.3 is 0 Å². The number of anilines is 1. The lowest BCUT2D eigenvalue weighted by atomic mass is 10.0. The number of rotatable bonds is 9. The average molecular weight is 480 g/mol. The smallest absolute Gasteiger partial charge is 0.252 e. The van der Waals surface area contributed by atoms with Crippen LogP contribution in [0, 0.1) is 24.2 Å². The second-order valence-electron chi connectivity index (χ2n) is 7.93. The summed E-state index contributed by atoms with van der Waals surface area (Å²) in [5.74, 6) is 0.303. The Morgan fingerprint density at radius 3 is 2.52 bits per heavy atom. The number of thioether (sulfide) groups is 1. The highest BCUT2D eigenvalue weighted by Crippen LogP contribution is 2.28. The van der Waals surface area contributed by atoms with Crippen molar-refractivity contribution < 1.29 is 9.59 Å². The number of carbonyl (C=O) groups excluding carboxylic acids is 2. The Labute approximate surface area is 201 Å². The number of carbonyl (C=O) groups is 2. The lowest BCUT2D eigenvalue weighted by Gasteiger charge is -2.20. The van der Waals surface area contributed by atoms with Crippen molar-refractivity contribution in [1.82, 2.24) is 15.5 Å². The van der Waals surface area contributed by atoms with E-state index in [1.54, 1.807) is 24.3 Å². The minimum absolute atomic E-state index is 0.214. The molecule has 0 bridgehead atoms. The van der Waals surface area contributed by atoms with Crippen molar-refractivity contribution in [2.45, 2.75) is 43.3 Å². The topological polar surface area (TPSA) is 108 Å². The van der Waals surface area contributed by atoms with Gasteiger partial charge in [0.1, 0.15) is 6.04 Å². The van der Waals surface area contributed by atoms with Gasteiger partial charge in [-0.05, 0) is 48.6 Å². The molecule has 0 unspecified atom stereocenters. The highest BCUT2D eigenvalue weighted by molar-refractivity contribution is 8.00. The van der Waals surface area contributed by atoms with Gasteiger partial charge in [-0.2, -0.15) is 5.26 Å². The molecule has 2 amide bonds. The SMILES string of the molecule is Cc1ccccc1C(=O)N[C@@H](CC(C)C)C(=O)Nc1nnc(SCc2ccc(C#N)cc2)s1. The largest absolute Gasteiger partial charge is 0.340 e. The molecule has 0 aliphatic heterocycles. The summed E-state index contributed by atoms with van der Waals surface area (Å²) >= 11 is 2.79. The zero-order chi connectivity index (χ0) is 23.8. The molecule has 33 heavy (non-hydrogen) atoms. The zero-order valence-corrected chi connectivity index (χ0v) is 20.3. The summed E-state index contributed by atoms with van der Waals surface area (Å²) in [6.45, 7) is 5.87. The Morgan fingerprint density at radius 1 is 1.12 bits per heavy atom. The summed E-state index contributed by atoms with van der Waals surface area (Å²) in [4.78, 5) is 25.7. The number of nitriles is 1. The molecule has 3 rings (SSSR count). The van der Waals surface area contributed by atoms with Crippen LogP contribution in [0.3, 0.4) is 0 Å². The van der Waals surface area contributed by atoms with Crippen molar-refractivity contribution in [2.24, 2.45) is 5.92 Å². The molecule has 9 heteroatoms. The first-order valence-corrected chi connectivity index (χ1v) is 12.3. The van der Waals surface area contributed by atoms with Crippen LogP contribution < -0.4 is 10.6 Å². The minimum Gasteiger partial charge on any atom is -0.340 e. The Kier molecular flexibility index (Phi) is 8.58. The van der Waals surface area contributed by atoms with E-state index in [0.717, 1.165) is 15.5 Å². The van der Waals surface area contributed by atoms with Crippen molar-refractivity contribution >= 4 is 40.0 Å². The number of hydrogen-bond acceptors (Lipinski definition) is 7. The minimum atomic E-state index is -0.684. The number of nitrogens with zero attached hydrogens (tertiary/aromatic N) is 3. The molecule has 1 heterocycles. The van der Waals surface area contributed by atoms with Crippen LogP contribution in [-0.2, 0) is 10.5 Å². The van der Waals surface area contributed by atoms with Gasteiger partial charge in [-0.25, -0.2) is 0 Å². The van der Waals surface area contributed by atoms with Crippen molar-refractivity contribution in [3.8, 4) is 6.07 Å². The van der Waals surface area contributed by atoms with Gasteiger partial charge in [0.25, 0.3) is 5.91 Å². The Morgan fingerprint density at radius 2 is 1.85 bits per heavy atom. The summed E-state index contributed by atoms with van der Waals surface area (Å²) in [7, 11) is 0. The molecule has 7 nitrogen and oxygen atoms in total. The third-order valence-electron chi connectivity index (χ3n) is 4.80. The number of aryl methyl sites for hydroxylation is 1. The molecule has 2 N–H and O–H groups in total. The van der Waals surface area contributed by atoms with Crippen molar-refractivity contribution in [3.05, 3.63) is 70.8 Å². The van der Waals surface area contributed by atoms with Crippen LogP contribution in [0.1, 0.15) is 47.3 Å². The van der Waals surface area contributed by atoms with Crippen molar-refractivity contribution in [2.75, 3.05) is 5.32 Å². The van der Waals surface area contributed by atoms with Gasteiger partial charge in [0.05, 0.1) is 11.6 Å². The van der Waals surface area contributed by atoms with E-state index in [0.29, 0.717) is 28.4 Å². The first-order chi connectivity index (χ1) is 15.9. The molecular formula is C24H25N5O2S2. The predicted molar refractivity (Wildman–Crippen MR) is 131 cm³/mol. The number of hydrogen-bond donors (Lipinski definition) is 2. The van der Waals surface area contributed by atoms with Crippen molar-refractivity contribution in [1.29, 1.82) is 5.26 Å². The number of amides is 2. The van der Waals surface area contributed by atoms with E-state index in [4.69, 9.17) is 5.26 Å². The van der Waals surface area contributed by atoms with Gasteiger partial charge in [0, 0.05) is 11.3 Å². The fraction of sp³-hybridized carbons (Fsp3) is 0.292. The third kappa shape index (κ3) is 7.14. The standard InChI is InChI=1S/C24H25N5O2S2/c1-15(2)12-20(26-21(30)19-7-5-4-6-16(19)3)22(31)27-23-28-29-24(33-23)32-14-18-10-8-17(13-25)9-11-18/h4-11,15,20H,12,14H2,1-3H3,(H,26,30)(H,27,28,31)/t20-/m0/s1. The van der Waals surface area contributed by atoms with E-state index < -0.39 is 6.04 Å². The second-order valence-corrected chi connectivity index (χ2v) is 10.1. The molecule has 1 atom stereocenters. The molecule has 0 aliphatic carbocycles. The molecule has 0 spiro atoms. The summed E-state index contributed by atoms with van der Waals surface area (Å²) < 4.78 is 0.721. The number of benzene rings is 2. The van der Waals surface area contributed by atoms with E-state index >= 15 is 0 Å². The maximum atomic E-state index is 12.9. The van der Waals surface area contributed by atoms with Crippen molar-refractivity contribution in [3.63, 3.8) is 0 Å². The van der Waals surface area contributed by atoms with Gasteiger partial charge in [-0.1, -0.05) is 67.3 Å². The first-order valence-electron chi connectivity index (χ1n) is 10.5. The summed E-state index contributed by atoms with van der Waals surface area (Å²) in [6.07, 6.45) is 0.503. The molecule has 0 aliphatic rings. The highest BCUT2D eigenvalue weighted by atomic mass is 32.2. The van der Waals surface area contributed by atoms with E-state index in [1.165, 1.54) is 23.1 Å². The van der Waals surface area contributed by atoms with Crippen LogP contribution in [0.15, 0.2) is 52.9 Å². The molecule has 1 aromatic heterocycles. The number of nitrogens with one attached hydrogen (secondary N) is 2. The van der Waals surface area contributed by atoms with Crippen LogP contribution in [0.25, 0.3) is 0 Å². The fourth-order valence-electron chi connectivity index (χ4n) is 3.10. The van der Waals surface area contributed by atoms with Gasteiger partial charge in [-0.3, -0.25) is 14.9 Å². The molecule has 0 saturated heterocycles. The maximum Gasteiger partial charge on any atom is 0.252 e. The first kappa shape index (κ1) is 24.4. The molecule has 2 aromatic carbocycles. The Hall–Kier alpha value is -3.22. The molecule has 0 radical (unpaired) electrons. The molecule has 0 saturated carbocycles. The van der Waals surface area contributed by atoms with Gasteiger partial charge in [0.2, 0.25) is 11.0 Å². The monoisotopic (exact) mass is 479 g/mol. The van der Waals surface area contributed by atoms with Gasteiger partial charge in [0.15, 0.2) is 4.34 Å². The molecule has 0 fully saturated rings. The normalized spacial score (nSPS) is 11.6. The Bertz CT molecular complexity index is 1150. The summed E-state index contributed by atoms with van der Waals surface area (Å²) in [5, 5.41) is 23.1. The predicted octanol–water partition coefficient (Wildman–Crippen LogP) is 4.79. The lowest BCUT2D eigenvalue weighted by Crippen LogP contribution is -2.44. The molecular weight excluding hydrogens is 454 g/mol. The molecule has 170 valence electrons. The van der Waals surface area contributed by atoms with Crippen LogP contribution in [0.4, 0.5) is 5.13 Å². The van der Waals surface area contributed by atoms with Gasteiger partial charge < -0.3 is 5.32 Å². The summed E-state index contributed by atoms with van der Waals surface area (Å²) in [6, 6.07) is 16.1. The van der Waals surface area contributed by atoms with E-state index in [9.17, 15) is 9.59 Å². The average Bonchev–Trinajstić information content (AvgIpc) is 3.24. The Balaban J connectivity index is 1.61.